The summed E-state index contributed by atoms with van der Waals surface area (Å²) in [7, 11) is 1.65. The summed E-state index contributed by atoms with van der Waals surface area (Å²) in [6, 6.07) is 3.88. The van der Waals surface area contributed by atoms with Crippen molar-refractivity contribution in [1.82, 2.24) is 0 Å². The van der Waals surface area contributed by atoms with Crippen LogP contribution in [0.5, 0.6) is 5.75 Å². The van der Waals surface area contributed by atoms with Gasteiger partial charge >= 0.3 is 0 Å². The van der Waals surface area contributed by atoms with Gasteiger partial charge in [0.25, 0.3) is 0 Å². The summed E-state index contributed by atoms with van der Waals surface area (Å²) in [5.41, 5.74) is 2.99. The van der Waals surface area contributed by atoms with Crippen LogP contribution in [-0.4, -0.2) is 38.6 Å². The fourth-order valence-electron chi connectivity index (χ4n) is 1.81. The number of methoxy groups -OCH3 is 1. The first-order chi connectivity index (χ1) is 8.69. The molecule has 0 spiro atoms. The van der Waals surface area contributed by atoms with Crippen LogP contribution in [0.1, 0.15) is 16.7 Å². The third-order valence-electron chi connectivity index (χ3n) is 2.61. The Morgan fingerprint density at radius 3 is 2.17 bits per heavy atom. The average Bonchev–Trinajstić information content (AvgIpc) is 2.35. The van der Waals surface area contributed by atoms with Gasteiger partial charge in [-0.1, -0.05) is 12.1 Å². The lowest BCUT2D eigenvalue weighted by atomic mass is 10.1. The summed E-state index contributed by atoms with van der Waals surface area (Å²) < 4.78 is 15.9. The highest BCUT2D eigenvalue weighted by Crippen LogP contribution is 2.24. The third-order valence-corrected chi connectivity index (χ3v) is 2.61. The van der Waals surface area contributed by atoms with E-state index in [0.29, 0.717) is 26.4 Å². The van der Waals surface area contributed by atoms with Crippen molar-refractivity contribution in [2.45, 2.75) is 20.5 Å². The second-order valence-corrected chi connectivity index (χ2v) is 4.17. The molecule has 0 saturated heterocycles. The van der Waals surface area contributed by atoms with Crippen molar-refractivity contribution in [3.8, 4) is 5.75 Å². The summed E-state index contributed by atoms with van der Waals surface area (Å²) in [5.74, 6) is 0.877. The molecule has 0 saturated carbocycles. The Morgan fingerprint density at radius 2 is 1.61 bits per heavy atom. The maximum atomic E-state index is 9.10. The zero-order valence-corrected chi connectivity index (χ0v) is 11.4. The second kappa shape index (κ2) is 8.08. The molecule has 0 aliphatic carbocycles. The summed E-state index contributed by atoms with van der Waals surface area (Å²) in [4.78, 5) is 0. The minimum absolute atomic E-state index is 0.0576. The average molecular weight is 254 g/mol. The molecule has 1 aromatic carbocycles. The van der Waals surface area contributed by atoms with Crippen LogP contribution in [-0.2, 0) is 16.1 Å². The number of ether oxygens (including phenoxy) is 3. The molecule has 0 aromatic heterocycles. The minimum Gasteiger partial charge on any atom is -0.491 e. The van der Waals surface area contributed by atoms with Crippen LogP contribution in [0, 0.1) is 13.8 Å². The highest BCUT2D eigenvalue weighted by Gasteiger charge is 2.06. The number of hydrogen-bond acceptors (Lipinski definition) is 4. The highest BCUT2D eigenvalue weighted by molar-refractivity contribution is 5.43. The number of rotatable bonds is 8. The molecular weight excluding hydrogens is 232 g/mol. The maximum absolute atomic E-state index is 9.10. The molecule has 0 bridgehead atoms. The smallest absolute Gasteiger partial charge is 0.125 e. The number of hydrogen-bond donors (Lipinski definition) is 1. The van der Waals surface area contributed by atoms with Crippen LogP contribution in [0.3, 0.4) is 0 Å². The van der Waals surface area contributed by atoms with E-state index in [2.05, 4.69) is 0 Å². The Morgan fingerprint density at radius 1 is 1.00 bits per heavy atom. The number of aliphatic hydroxyl groups excluding tert-OH is 1. The molecule has 0 aliphatic rings. The van der Waals surface area contributed by atoms with E-state index in [1.807, 2.05) is 26.0 Å². The molecule has 0 unspecified atom stereocenters. The van der Waals surface area contributed by atoms with Crippen LogP contribution >= 0.6 is 0 Å². The Bertz CT molecular complexity index is 340. The Kier molecular flexibility index (Phi) is 6.72. The Balaban J connectivity index is 2.42. The molecule has 102 valence electrons. The van der Waals surface area contributed by atoms with Crippen molar-refractivity contribution < 1.29 is 19.3 Å². The van der Waals surface area contributed by atoms with Gasteiger partial charge in [-0.05, 0) is 30.5 Å². The fourth-order valence-corrected chi connectivity index (χ4v) is 1.81. The summed E-state index contributed by atoms with van der Waals surface area (Å²) in [6.45, 7) is 6.26. The van der Waals surface area contributed by atoms with E-state index >= 15 is 0 Å². The van der Waals surface area contributed by atoms with E-state index in [-0.39, 0.29) is 6.61 Å². The summed E-state index contributed by atoms with van der Waals surface area (Å²) in [6.07, 6.45) is 0. The molecule has 0 aliphatic heterocycles. The predicted molar refractivity (Wildman–Crippen MR) is 70.0 cm³/mol. The molecule has 18 heavy (non-hydrogen) atoms. The number of aliphatic hydroxyl groups is 1. The van der Waals surface area contributed by atoms with Gasteiger partial charge in [0, 0.05) is 7.11 Å². The van der Waals surface area contributed by atoms with E-state index in [0.717, 1.165) is 22.4 Å². The first-order valence-electron chi connectivity index (χ1n) is 6.09. The van der Waals surface area contributed by atoms with Crippen molar-refractivity contribution in [1.29, 1.82) is 0 Å². The van der Waals surface area contributed by atoms with Crippen LogP contribution in [0.15, 0.2) is 12.1 Å². The standard InChI is InChI=1S/C14H22O4/c1-11-8-13(10-15)9-12(2)14(11)18-7-6-17-5-4-16-3/h8-9,15H,4-7,10H2,1-3H3. The monoisotopic (exact) mass is 254 g/mol. The molecule has 0 heterocycles. The predicted octanol–water partition coefficient (Wildman–Crippen LogP) is 1.84. The van der Waals surface area contributed by atoms with Gasteiger partial charge in [-0.2, -0.15) is 0 Å². The molecule has 0 atom stereocenters. The topological polar surface area (TPSA) is 47.9 Å². The molecular formula is C14H22O4. The Labute approximate surface area is 108 Å². The Hall–Kier alpha value is -1.10. The van der Waals surface area contributed by atoms with Gasteiger partial charge in [0.15, 0.2) is 0 Å². The van der Waals surface area contributed by atoms with Gasteiger partial charge in [-0.15, -0.1) is 0 Å². The molecule has 0 fully saturated rings. The van der Waals surface area contributed by atoms with Crippen LogP contribution in [0.2, 0.25) is 0 Å². The number of benzene rings is 1. The molecule has 1 rings (SSSR count). The van der Waals surface area contributed by atoms with E-state index < -0.39 is 0 Å². The van der Waals surface area contributed by atoms with E-state index in [9.17, 15) is 0 Å². The first kappa shape index (κ1) is 15.0. The maximum Gasteiger partial charge on any atom is 0.125 e. The lowest BCUT2D eigenvalue weighted by molar-refractivity contribution is 0.0542. The van der Waals surface area contributed by atoms with E-state index in [1.165, 1.54) is 0 Å². The zero-order valence-electron chi connectivity index (χ0n) is 11.4. The van der Waals surface area contributed by atoms with Gasteiger partial charge in [0.1, 0.15) is 12.4 Å². The molecule has 1 N–H and O–H groups in total. The lowest BCUT2D eigenvalue weighted by Gasteiger charge is -2.13. The van der Waals surface area contributed by atoms with Crippen molar-refractivity contribution in [3.05, 3.63) is 28.8 Å². The van der Waals surface area contributed by atoms with Gasteiger partial charge in [-0.25, -0.2) is 0 Å². The van der Waals surface area contributed by atoms with Crippen LogP contribution in [0.4, 0.5) is 0 Å². The van der Waals surface area contributed by atoms with Crippen molar-refractivity contribution >= 4 is 0 Å². The van der Waals surface area contributed by atoms with Gasteiger partial charge in [-0.3, -0.25) is 0 Å². The molecule has 0 radical (unpaired) electrons. The lowest BCUT2D eigenvalue weighted by Crippen LogP contribution is -2.11. The normalized spacial score (nSPS) is 10.7. The molecule has 0 amide bonds. The highest BCUT2D eigenvalue weighted by atomic mass is 16.5. The summed E-state index contributed by atoms with van der Waals surface area (Å²) in [5, 5.41) is 9.10. The minimum atomic E-state index is 0.0576. The largest absolute Gasteiger partial charge is 0.491 e. The van der Waals surface area contributed by atoms with Gasteiger partial charge in [0.2, 0.25) is 0 Å². The van der Waals surface area contributed by atoms with Gasteiger partial charge < -0.3 is 19.3 Å². The molecule has 4 heteroatoms. The van der Waals surface area contributed by atoms with Crippen molar-refractivity contribution in [2.75, 3.05) is 33.5 Å². The van der Waals surface area contributed by atoms with Crippen molar-refractivity contribution in [2.24, 2.45) is 0 Å². The van der Waals surface area contributed by atoms with Crippen molar-refractivity contribution in [3.63, 3.8) is 0 Å². The second-order valence-electron chi connectivity index (χ2n) is 4.17. The van der Waals surface area contributed by atoms with E-state index in [1.54, 1.807) is 7.11 Å². The summed E-state index contributed by atoms with van der Waals surface area (Å²) >= 11 is 0. The fraction of sp³-hybridized carbons (Fsp3) is 0.571. The molecule has 1 aromatic rings. The van der Waals surface area contributed by atoms with Crippen LogP contribution in [0.25, 0.3) is 0 Å². The SMILES string of the molecule is COCCOCCOc1c(C)cc(CO)cc1C. The van der Waals surface area contributed by atoms with Gasteiger partial charge in [0.05, 0.1) is 26.4 Å². The number of aryl methyl sites for hydroxylation is 2. The van der Waals surface area contributed by atoms with E-state index in [4.69, 9.17) is 19.3 Å². The molecule has 4 nitrogen and oxygen atoms in total. The first-order valence-corrected chi connectivity index (χ1v) is 6.09. The van der Waals surface area contributed by atoms with Crippen LogP contribution < -0.4 is 4.74 Å². The quantitative estimate of drug-likeness (QED) is 0.719. The third kappa shape index (κ3) is 4.64. The zero-order chi connectivity index (χ0) is 13.4.